The third-order valence-electron chi connectivity index (χ3n) is 3.67. The van der Waals surface area contributed by atoms with Gasteiger partial charge in [-0.25, -0.2) is 4.99 Å². The van der Waals surface area contributed by atoms with Gasteiger partial charge in [0.1, 0.15) is 6.04 Å². The molecule has 6 N–H and O–H groups in total. The molecule has 0 spiro atoms. The second-order valence-electron chi connectivity index (χ2n) is 5.74. The van der Waals surface area contributed by atoms with Crippen LogP contribution in [0.5, 0.6) is 0 Å². The maximum Gasteiger partial charge on any atom is 0.320 e. The molecule has 0 bridgehead atoms. The molecule has 2 rings (SSSR count). The van der Waals surface area contributed by atoms with Crippen LogP contribution in [0.4, 0.5) is 0 Å². The molecule has 0 aliphatic carbocycles. The molecular weight excluding hydrogens is 391 g/mol. The average Bonchev–Trinajstić information content (AvgIpc) is 2.61. The number of hydrogen-bond donors (Lipinski definition) is 4. The van der Waals surface area contributed by atoms with Crippen LogP contribution in [0, 0.1) is 0 Å². The van der Waals surface area contributed by atoms with Crippen LogP contribution in [0.15, 0.2) is 47.5 Å². The Labute approximate surface area is 166 Å². The minimum atomic E-state index is -1.08. The van der Waals surface area contributed by atoms with Gasteiger partial charge in [0.25, 0.3) is 5.91 Å². The molecule has 0 heterocycles. The number of benzene rings is 2. The highest BCUT2D eigenvalue weighted by Crippen LogP contribution is 2.21. The fourth-order valence-corrected chi connectivity index (χ4v) is 2.65. The number of guanidine groups is 1. The summed E-state index contributed by atoms with van der Waals surface area (Å²) in [6.45, 7) is 0.189. The molecule has 9 heteroatoms. The zero-order valence-electron chi connectivity index (χ0n) is 14.2. The SMILES string of the molecule is NC(=NCc1ccc(Cl)cc1Cl)NC(=O)c1ccc(CC(N)C(=O)O)cc1. The molecule has 1 unspecified atom stereocenters. The van der Waals surface area contributed by atoms with Gasteiger partial charge in [-0.2, -0.15) is 0 Å². The van der Waals surface area contributed by atoms with E-state index in [1.54, 1.807) is 42.5 Å². The summed E-state index contributed by atoms with van der Waals surface area (Å²) in [5.41, 5.74) is 13.0. The van der Waals surface area contributed by atoms with Crippen LogP contribution in [0.3, 0.4) is 0 Å². The summed E-state index contributed by atoms with van der Waals surface area (Å²) in [5.74, 6) is -1.57. The van der Waals surface area contributed by atoms with Crippen LogP contribution >= 0.6 is 23.2 Å². The smallest absolute Gasteiger partial charge is 0.320 e. The number of carbonyl (C=O) groups is 2. The first-order valence-corrected chi connectivity index (χ1v) is 8.64. The van der Waals surface area contributed by atoms with E-state index in [2.05, 4.69) is 10.3 Å². The lowest BCUT2D eigenvalue weighted by Gasteiger charge is -2.08. The van der Waals surface area contributed by atoms with Gasteiger partial charge in [0, 0.05) is 15.6 Å². The molecule has 2 aromatic carbocycles. The van der Waals surface area contributed by atoms with E-state index in [-0.39, 0.29) is 18.9 Å². The van der Waals surface area contributed by atoms with Crippen LogP contribution in [0.25, 0.3) is 0 Å². The van der Waals surface area contributed by atoms with E-state index >= 15 is 0 Å². The Kier molecular flexibility index (Phi) is 7.18. The van der Waals surface area contributed by atoms with Crippen LogP contribution < -0.4 is 16.8 Å². The van der Waals surface area contributed by atoms with Crippen molar-refractivity contribution in [3.05, 3.63) is 69.2 Å². The fraction of sp³-hybridized carbons (Fsp3) is 0.167. The van der Waals surface area contributed by atoms with E-state index < -0.39 is 17.9 Å². The van der Waals surface area contributed by atoms with Gasteiger partial charge in [0.05, 0.1) is 6.54 Å². The quantitative estimate of drug-likeness (QED) is 0.429. The third-order valence-corrected chi connectivity index (χ3v) is 4.25. The van der Waals surface area contributed by atoms with Crippen molar-refractivity contribution in [3.8, 4) is 0 Å². The van der Waals surface area contributed by atoms with Crippen LogP contribution in [0.2, 0.25) is 10.0 Å². The first-order chi connectivity index (χ1) is 12.8. The number of carbonyl (C=O) groups excluding carboxylic acids is 1. The number of aliphatic imine (C=N–C) groups is 1. The minimum absolute atomic E-state index is 0.0528. The topological polar surface area (TPSA) is 131 Å². The second kappa shape index (κ2) is 9.36. The summed E-state index contributed by atoms with van der Waals surface area (Å²) in [6, 6.07) is 10.4. The molecule has 142 valence electrons. The van der Waals surface area contributed by atoms with E-state index in [1.165, 1.54) is 0 Å². The monoisotopic (exact) mass is 408 g/mol. The van der Waals surface area contributed by atoms with Gasteiger partial charge in [-0.15, -0.1) is 0 Å². The number of rotatable bonds is 6. The summed E-state index contributed by atoms with van der Waals surface area (Å²) in [7, 11) is 0. The average molecular weight is 409 g/mol. The van der Waals surface area contributed by atoms with Crippen LogP contribution in [-0.2, 0) is 17.8 Å². The van der Waals surface area contributed by atoms with Gasteiger partial charge >= 0.3 is 5.97 Å². The number of carboxylic acids is 1. The predicted molar refractivity (Wildman–Crippen MR) is 105 cm³/mol. The van der Waals surface area contributed by atoms with Gasteiger partial charge in [-0.05, 0) is 41.8 Å². The molecule has 0 aromatic heterocycles. The summed E-state index contributed by atoms with van der Waals surface area (Å²) in [6.07, 6.45) is 0.169. The van der Waals surface area contributed by atoms with Crippen LogP contribution in [-0.4, -0.2) is 29.0 Å². The molecule has 0 aliphatic rings. The highest BCUT2D eigenvalue weighted by atomic mass is 35.5. The Morgan fingerprint density at radius 1 is 1.15 bits per heavy atom. The Morgan fingerprint density at radius 3 is 2.41 bits per heavy atom. The normalized spacial score (nSPS) is 12.5. The molecule has 0 saturated heterocycles. The van der Waals surface area contributed by atoms with Crippen molar-refractivity contribution < 1.29 is 14.7 Å². The number of nitrogens with zero attached hydrogens (tertiary/aromatic N) is 1. The molecule has 0 aliphatic heterocycles. The summed E-state index contributed by atoms with van der Waals surface area (Å²) < 4.78 is 0. The van der Waals surface area contributed by atoms with E-state index in [4.69, 9.17) is 39.8 Å². The Balaban J connectivity index is 1.96. The number of amides is 1. The van der Waals surface area contributed by atoms with Crippen molar-refractivity contribution in [2.75, 3.05) is 0 Å². The van der Waals surface area contributed by atoms with Gasteiger partial charge in [-0.1, -0.05) is 41.4 Å². The molecule has 2 aromatic rings. The maximum atomic E-state index is 12.2. The maximum absolute atomic E-state index is 12.2. The molecule has 1 amide bonds. The largest absolute Gasteiger partial charge is 0.480 e. The van der Waals surface area contributed by atoms with E-state index in [0.717, 1.165) is 5.56 Å². The molecule has 0 saturated carbocycles. The number of nitrogens with two attached hydrogens (primary N) is 2. The number of carboxylic acid groups (broad SMARTS) is 1. The fourth-order valence-electron chi connectivity index (χ4n) is 2.18. The van der Waals surface area contributed by atoms with E-state index in [0.29, 0.717) is 21.2 Å². The Bertz CT molecular complexity index is 869. The van der Waals surface area contributed by atoms with Gasteiger partial charge in [-0.3, -0.25) is 14.9 Å². The lowest BCUT2D eigenvalue weighted by atomic mass is 10.0. The Morgan fingerprint density at radius 2 is 1.81 bits per heavy atom. The third kappa shape index (κ3) is 6.25. The zero-order chi connectivity index (χ0) is 20.0. The highest BCUT2D eigenvalue weighted by molar-refractivity contribution is 6.35. The van der Waals surface area contributed by atoms with Crippen molar-refractivity contribution in [2.45, 2.75) is 19.0 Å². The standard InChI is InChI=1S/C18H18Cl2N4O3/c19-13-6-5-12(14(20)8-13)9-23-18(22)24-16(25)11-3-1-10(2-4-11)7-15(21)17(26)27/h1-6,8,15H,7,9,21H2,(H,26,27)(H3,22,23,24,25). The van der Waals surface area contributed by atoms with E-state index in [1.807, 2.05) is 0 Å². The molecule has 1 atom stereocenters. The molecule has 0 fully saturated rings. The lowest BCUT2D eigenvalue weighted by molar-refractivity contribution is -0.138. The predicted octanol–water partition coefficient (Wildman–Crippen LogP) is 2.19. The van der Waals surface area contributed by atoms with Gasteiger partial charge < -0.3 is 16.6 Å². The number of nitrogens with one attached hydrogen (secondary N) is 1. The van der Waals surface area contributed by atoms with Crippen molar-refractivity contribution >= 4 is 41.0 Å². The first kappa shape index (κ1) is 20.7. The molecule has 27 heavy (non-hydrogen) atoms. The van der Waals surface area contributed by atoms with Crippen molar-refractivity contribution in [3.63, 3.8) is 0 Å². The number of halogens is 2. The van der Waals surface area contributed by atoms with Crippen molar-refractivity contribution in [1.29, 1.82) is 0 Å². The highest BCUT2D eigenvalue weighted by Gasteiger charge is 2.13. The summed E-state index contributed by atoms with van der Waals surface area (Å²) in [5, 5.41) is 12.3. The lowest BCUT2D eigenvalue weighted by Crippen LogP contribution is -2.36. The zero-order valence-corrected chi connectivity index (χ0v) is 15.7. The number of hydrogen-bond acceptors (Lipinski definition) is 4. The van der Waals surface area contributed by atoms with Crippen LogP contribution in [0.1, 0.15) is 21.5 Å². The van der Waals surface area contributed by atoms with Gasteiger partial charge in [0.2, 0.25) is 0 Å². The molecule has 0 radical (unpaired) electrons. The van der Waals surface area contributed by atoms with E-state index in [9.17, 15) is 9.59 Å². The first-order valence-electron chi connectivity index (χ1n) is 7.89. The summed E-state index contributed by atoms with van der Waals surface area (Å²) in [4.78, 5) is 27.0. The molecule has 7 nitrogen and oxygen atoms in total. The Hall–Kier alpha value is -2.61. The van der Waals surface area contributed by atoms with Gasteiger partial charge in [0.15, 0.2) is 5.96 Å². The second-order valence-corrected chi connectivity index (χ2v) is 6.58. The molecular formula is C18H18Cl2N4O3. The number of aliphatic carboxylic acids is 1. The van der Waals surface area contributed by atoms with Crippen molar-refractivity contribution in [2.24, 2.45) is 16.5 Å². The summed E-state index contributed by atoms with van der Waals surface area (Å²) >= 11 is 11.9. The minimum Gasteiger partial charge on any atom is -0.480 e. The van der Waals surface area contributed by atoms with Crippen molar-refractivity contribution in [1.82, 2.24) is 5.32 Å².